The molecule has 0 spiro atoms. The summed E-state index contributed by atoms with van der Waals surface area (Å²) in [6.07, 6.45) is 7.10. The third-order valence-corrected chi connectivity index (χ3v) is 5.48. The van der Waals surface area contributed by atoms with Gasteiger partial charge in [-0.3, -0.25) is 4.90 Å². The van der Waals surface area contributed by atoms with Gasteiger partial charge < -0.3 is 5.32 Å². The lowest BCUT2D eigenvalue weighted by molar-refractivity contribution is 0.0124. The highest BCUT2D eigenvalue weighted by molar-refractivity contribution is 4.93. The lowest BCUT2D eigenvalue weighted by atomic mass is 9.80. The predicted octanol–water partition coefficient (Wildman–Crippen LogP) is 2.88. The molecule has 0 aromatic carbocycles. The molecule has 1 aliphatic heterocycles. The van der Waals surface area contributed by atoms with E-state index in [0.29, 0.717) is 0 Å². The smallest absolute Gasteiger partial charge is 0.0124 e. The van der Waals surface area contributed by atoms with Gasteiger partial charge in [0, 0.05) is 24.7 Å². The minimum Gasteiger partial charge on any atom is -0.317 e. The van der Waals surface area contributed by atoms with Crippen molar-refractivity contribution in [2.45, 2.75) is 71.0 Å². The van der Waals surface area contributed by atoms with E-state index in [1.807, 2.05) is 0 Å². The van der Waals surface area contributed by atoms with E-state index in [4.69, 9.17) is 0 Å². The van der Waals surface area contributed by atoms with Crippen LogP contribution >= 0.6 is 0 Å². The number of likely N-dealkylation sites (tertiary alicyclic amines) is 1. The monoisotopic (exact) mass is 238 g/mol. The van der Waals surface area contributed by atoms with Crippen LogP contribution < -0.4 is 5.32 Å². The average molecular weight is 238 g/mol. The summed E-state index contributed by atoms with van der Waals surface area (Å²) in [5.41, 5.74) is 0. The van der Waals surface area contributed by atoms with E-state index in [0.717, 1.165) is 30.0 Å². The van der Waals surface area contributed by atoms with Crippen LogP contribution in [0.2, 0.25) is 0 Å². The summed E-state index contributed by atoms with van der Waals surface area (Å²) < 4.78 is 0. The van der Waals surface area contributed by atoms with E-state index in [9.17, 15) is 0 Å². The molecule has 0 radical (unpaired) electrons. The van der Waals surface area contributed by atoms with Crippen LogP contribution in [0.4, 0.5) is 0 Å². The lowest BCUT2D eigenvalue weighted by Crippen LogP contribution is -2.57. The van der Waals surface area contributed by atoms with Crippen LogP contribution in [0, 0.1) is 11.8 Å². The molecule has 2 rings (SSSR count). The molecule has 2 heteroatoms. The first-order valence-corrected chi connectivity index (χ1v) is 7.58. The number of rotatable bonds is 2. The maximum absolute atomic E-state index is 3.49. The quantitative estimate of drug-likeness (QED) is 0.796. The summed E-state index contributed by atoms with van der Waals surface area (Å²) in [5, 5.41) is 3.49. The first kappa shape index (κ1) is 13.4. The number of nitrogens with zero attached hydrogens (tertiary/aromatic N) is 1. The SMILES string of the molecule is CNC1CCN(C2CCCCC2C)C(C)C1C. The number of nitrogens with one attached hydrogen (secondary N) is 1. The molecule has 1 N–H and O–H groups in total. The van der Waals surface area contributed by atoms with Gasteiger partial charge in [-0.05, 0) is 45.1 Å². The summed E-state index contributed by atoms with van der Waals surface area (Å²) in [4.78, 5) is 2.82. The van der Waals surface area contributed by atoms with Gasteiger partial charge in [0.25, 0.3) is 0 Å². The first-order chi connectivity index (χ1) is 8.15. The molecule has 1 saturated heterocycles. The third kappa shape index (κ3) is 2.68. The molecule has 100 valence electrons. The maximum Gasteiger partial charge on any atom is 0.0124 e. The van der Waals surface area contributed by atoms with Crippen LogP contribution in [0.1, 0.15) is 52.9 Å². The number of piperidine rings is 1. The summed E-state index contributed by atoms with van der Waals surface area (Å²) in [5.74, 6) is 1.69. The van der Waals surface area contributed by atoms with E-state index >= 15 is 0 Å². The number of hydrogen-bond acceptors (Lipinski definition) is 2. The van der Waals surface area contributed by atoms with Crippen LogP contribution in [-0.4, -0.2) is 36.6 Å². The largest absolute Gasteiger partial charge is 0.317 e. The van der Waals surface area contributed by atoms with Crippen molar-refractivity contribution in [1.82, 2.24) is 10.2 Å². The summed E-state index contributed by atoms with van der Waals surface area (Å²) in [7, 11) is 2.12. The fourth-order valence-electron chi connectivity index (χ4n) is 4.06. The zero-order valence-corrected chi connectivity index (χ0v) is 12.1. The lowest BCUT2D eigenvalue weighted by Gasteiger charge is -2.49. The molecule has 0 bridgehead atoms. The molecular formula is C15H30N2. The van der Waals surface area contributed by atoms with Gasteiger partial charge in [-0.25, -0.2) is 0 Å². The number of hydrogen-bond donors (Lipinski definition) is 1. The Balaban J connectivity index is 2.01. The summed E-state index contributed by atoms with van der Waals surface area (Å²) >= 11 is 0. The van der Waals surface area contributed by atoms with Gasteiger partial charge in [-0.1, -0.05) is 26.7 Å². The Bertz CT molecular complexity index is 241. The second-order valence-corrected chi connectivity index (χ2v) is 6.35. The minimum atomic E-state index is 0.722. The fraction of sp³-hybridized carbons (Fsp3) is 1.00. The minimum absolute atomic E-state index is 0.722. The van der Waals surface area contributed by atoms with Gasteiger partial charge in [0.05, 0.1) is 0 Å². The third-order valence-electron chi connectivity index (χ3n) is 5.48. The van der Waals surface area contributed by atoms with Crippen LogP contribution in [-0.2, 0) is 0 Å². The molecule has 5 unspecified atom stereocenters. The normalized spacial score (nSPS) is 44.8. The zero-order chi connectivity index (χ0) is 12.4. The standard InChI is InChI=1S/C15H30N2/c1-11-7-5-6-8-15(11)17-10-9-14(16-4)12(2)13(17)3/h11-16H,5-10H2,1-4H3. The Hall–Kier alpha value is -0.0800. The molecule has 0 aromatic rings. The van der Waals surface area contributed by atoms with Crippen molar-refractivity contribution >= 4 is 0 Å². The molecule has 2 aliphatic rings. The molecule has 0 amide bonds. The molecular weight excluding hydrogens is 208 g/mol. The van der Waals surface area contributed by atoms with Crippen molar-refractivity contribution in [2.75, 3.05) is 13.6 Å². The highest BCUT2D eigenvalue weighted by Gasteiger charge is 2.37. The van der Waals surface area contributed by atoms with Crippen molar-refractivity contribution in [3.8, 4) is 0 Å². The van der Waals surface area contributed by atoms with Gasteiger partial charge in [0.1, 0.15) is 0 Å². The van der Waals surface area contributed by atoms with E-state index in [2.05, 4.69) is 38.0 Å². The van der Waals surface area contributed by atoms with Crippen molar-refractivity contribution in [3.63, 3.8) is 0 Å². The van der Waals surface area contributed by atoms with Gasteiger partial charge >= 0.3 is 0 Å². The van der Waals surface area contributed by atoms with Crippen molar-refractivity contribution < 1.29 is 0 Å². The molecule has 2 fully saturated rings. The highest BCUT2D eigenvalue weighted by atomic mass is 15.2. The van der Waals surface area contributed by atoms with E-state index in [1.165, 1.54) is 38.6 Å². The van der Waals surface area contributed by atoms with Gasteiger partial charge in [-0.2, -0.15) is 0 Å². The Morgan fingerprint density at radius 3 is 2.35 bits per heavy atom. The Labute approximate surface area is 107 Å². The van der Waals surface area contributed by atoms with Gasteiger partial charge in [0.2, 0.25) is 0 Å². The van der Waals surface area contributed by atoms with Crippen molar-refractivity contribution in [3.05, 3.63) is 0 Å². The second-order valence-electron chi connectivity index (χ2n) is 6.35. The molecule has 1 heterocycles. The van der Waals surface area contributed by atoms with Gasteiger partial charge in [0.15, 0.2) is 0 Å². The summed E-state index contributed by atoms with van der Waals surface area (Å²) in [6, 6.07) is 2.32. The topological polar surface area (TPSA) is 15.3 Å². The highest BCUT2D eigenvalue weighted by Crippen LogP contribution is 2.34. The van der Waals surface area contributed by atoms with Crippen molar-refractivity contribution in [1.29, 1.82) is 0 Å². The molecule has 1 saturated carbocycles. The van der Waals surface area contributed by atoms with E-state index in [1.54, 1.807) is 0 Å². The van der Waals surface area contributed by atoms with Crippen LogP contribution in [0.25, 0.3) is 0 Å². The average Bonchev–Trinajstić information content (AvgIpc) is 2.34. The second kappa shape index (κ2) is 5.71. The first-order valence-electron chi connectivity index (χ1n) is 7.58. The van der Waals surface area contributed by atoms with Crippen molar-refractivity contribution in [2.24, 2.45) is 11.8 Å². The van der Waals surface area contributed by atoms with Crippen LogP contribution in [0.3, 0.4) is 0 Å². The molecule has 5 atom stereocenters. The zero-order valence-electron chi connectivity index (χ0n) is 12.1. The Kier molecular flexibility index (Phi) is 4.48. The van der Waals surface area contributed by atoms with E-state index < -0.39 is 0 Å². The fourth-order valence-corrected chi connectivity index (χ4v) is 4.06. The molecule has 17 heavy (non-hydrogen) atoms. The summed E-state index contributed by atoms with van der Waals surface area (Å²) in [6.45, 7) is 8.62. The predicted molar refractivity (Wildman–Crippen MR) is 74.2 cm³/mol. The molecule has 2 nitrogen and oxygen atoms in total. The Morgan fingerprint density at radius 1 is 1.00 bits per heavy atom. The molecule has 0 aromatic heterocycles. The van der Waals surface area contributed by atoms with Gasteiger partial charge in [-0.15, -0.1) is 0 Å². The molecule has 1 aliphatic carbocycles. The van der Waals surface area contributed by atoms with E-state index in [-0.39, 0.29) is 0 Å². The maximum atomic E-state index is 3.49. The Morgan fingerprint density at radius 2 is 1.71 bits per heavy atom. The van der Waals surface area contributed by atoms with Crippen LogP contribution in [0.15, 0.2) is 0 Å². The van der Waals surface area contributed by atoms with Crippen LogP contribution in [0.5, 0.6) is 0 Å².